The molecule has 0 bridgehead atoms. The first-order valence-electron chi connectivity index (χ1n) is 7.65. The van der Waals surface area contributed by atoms with Gasteiger partial charge in [0.15, 0.2) is 0 Å². The maximum atomic E-state index is 11.6. The highest BCUT2D eigenvalue weighted by Gasteiger charge is 2.21. The highest BCUT2D eigenvalue weighted by atomic mass is 16.4. The predicted octanol–water partition coefficient (Wildman–Crippen LogP) is 5.47. The number of benzene rings is 3. The van der Waals surface area contributed by atoms with Crippen molar-refractivity contribution in [3.05, 3.63) is 84.4 Å². The molecule has 0 radical (unpaired) electrons. The molecule has 3 heteroatoms. The topological polar surface area (TPSA) is 50.4 Å². The van der Waals surface area contributed by atoms with Gasteiger partial charge in [-0.05, 0) is 17.7 Å². The Bertz CT molecular complexity index is 1030. The van der Waals surface area contributed by atoms with E-state index in [-0.39, 0.29) is 5.56 Å². The summed E-state index contributed by atoms with van der Waals surface area (Å²) in [5.41, 5.74) is 3.47. The van der Waals surface area contributed by atoms with Crippen LogP contribution in [0.4, 0.5) is 0 Å². The van der Waals surface area contributed by atoms with Crippen molar-refractivity contribution in [1.82, 2.24) is 0 Å². The van der Waals surface area contributed by atoms with E-state index in [1.165, 1.54) is 0 Å². The summed E-state index contributed by atoms with van der Waals surface area (Å²) in [6, 6.07) is 24.6. The Labute approximate surface area is 138 Å². The molecule has 116 valence electrons. The van der Waals surface area contributed by atoms with Gasteiger partial charge in [-0.2, -0.15) is 0 Å². The number of aromatic carboxylic acids is 1. The minimum atomic E-state index is -0.968. The third-order valence-corrected chi connectivity index (χ3v) is 4.06. The van der Waals surface area contributed by atoms with E-state index < -0.39 is 5.97 Å². The fourth-order valence-electron chi connectivity index (χ4n) is 2.99. The molecule has 1 aromatic heterocycles. The zero-order valence-corrected chi connectivity index (χ0v) is 12.8. The second-order valence-corrected chi connectivity index (χ2v) is 5.52. The summed E-state index contributed by atoms with van der Waals surface area (Å²) in [5, 5.41) is 10.5. The molecule has 4 rings (SSSR count). The lowest BCUT2D eigenvalue weighted by Gasteiger charge is -2.07. The summed E-state index contributed by atoms with van der Waals surface area (Å²) in [6.07, 6.45) is 0. The largest absolute Gasteiger partial charge is 0.478 e. The number of hydrogen-bond acceptors (Lipinski definition) is 2. The molecule has 0 unspecified atom stereocenters. The first-order chi connectivity index (χ1) is 11.8. The average molecular weight is 314 g/mol. The number of rotatable bonds is 3. The molecule has 3 aromatic carbocycles. The van der Waals surface area contributed by atoms with Crippen molar-refractivity contribution >= 4 is 16.9 Å². The number of carboxylic acid groups (broad SMARTS) is 1. The summed E-state index contributed by atoms with van der Waals surface area (Å²) in [7, 11) is 0. The van der Waals surface area contributed by atoms with Gasteiger partial charge in [0.1, 0.15) is 11.3 Å². The van der Waals surface area contributed by atoms with E-state index in [1.54, 1.807) is 18.2 Å². The van der Waals surface area contributed by atoms with Crippen LogP contribution in [0.3, 0.4) is 0 Å². The van der Waals surface area contributed by atoms with Gasteiger partial charge in [0.05, 0.1) is 5.56 Å². The van der Waals surface area contributed by atoms with E-state index in [4.69, 9.17) is 4.42 Å². The molecule has 4 aromatic rings. The van der Waals surface area contributed by atoms with Crippen molar-refractivity contribution < 1.29 is 14.3 Å². The fourth-order valence-corrected chi connectivity index (χ4v) is 2.99. The lowest BCUT2D eigenvalue weighted by Crippen LogP contribution is -1.99. The third kappa shape index (κ3) is 2.27. The van der Waals surface area contributed by atoms with Crippen LogP contribution in [0.15, 0.2) is 83.3 Å². The summed E-state index contributed by atoms with van der Waals surface area (Å²) in [4.78, 5) is 11.6. The second-order valence-electron chi connectivity index (χ2n) is 5.52. The summed E-state index contributed by atoms with van der Waals surface area (Å²) in [6.45, 7) is 0. The van der Waals surface area contributed by atoms with Crippen LogP contribution in [0.2, 0.25) is 0 Å². The molecule has 24 heavy (non-hydrogen) atoms. The maximum absolute atomic E-state index is 11.6. The van der Waals surface area contributed by atoms with Crippen LogP contribution in [0, 0.1) is 0 Å². The van der Waals surface area contributed by atoms with Crippen molar-refractivity contribution in [3.8, 4) is 22.5 Å². The van der Waals surface area contributed by atoms with Gasteiger partial charge in [0, 0.05) is 16.5 Å². The van der Waals surface area contributed by atoms with Crippen LogP contribution in [0.1, 0.15) is 10.4 Å². The molecule has 0 amide bonds. The molecule has 0 aliphatic carbocycles. The van der Waals surface area contributed by atoms with Crippen LogP contribution in [0.5, 0.6) is 0 Å². The number of furan rings is 1. The highest BCUT2D eigenvalue weighted by Crippen LogP contribution is 2.41. The lowest BCUT2D eigenvalue weighted by atomic mass is 9.96. The number of hydrogen-bond donors (Lipinski definition) is 1. The molecule has 0 saturated heterocycles. The zero-order chi connectivity index (χ0) is 16.5. The van der Waals surface area contributed by atoms with Gasteiger partial charge < -0.3 is 9.52 Å². The van der Waals surface area contributed by atoms with Crippen molar-refractivity contribution in [2.24, 2.45) is 0 Å². The number of para-hydroxylation sites is 1. The molecular formula is C21H14O3. The molecule has 0 fully saturated rings. The molecule has 3 nitrogen and oxygen atoms in total. The van der Waals surface area contributed by atoms with Crippen molar-refractivity contribution in [2.45, 2.75) is 0 Å². The van der Waals surface area contributed by atoms with Crippen LogP contribution in [-0.2, 0) is 0 Å². The Morgan fingerprint density at radius 2 is 1.46 bits per heavy atom. The Morgan fingerprint density at radius 1 is 0.792 bits per heavy atom. The first-order valence-corrected chi connectivity index (χ1v) is 7.65. The number of fused-ring (bicyclic) bond motifs is 1. The monoisotopic (exact) mass is 314 g/mol. The summed E-state index contributed by atoms with van der Waals surface area (Å²) in [5.74, 6) is -0.384. The molecule has 0 atom stereocenters. The van der Waals surface area contributed by atoms with E-state index >= 15 is 0 Å². The van der Waals surface area contributed by atoms with Crippen molar-refractivity contribution in [3.63, 3.8) is 0 Å². The standard InChI is InChI=1S/C21H14O3/c22-21(23)16-11-5-4-10-15(16)20-19(14-8-2-1-3-9-14)17-12-6-7-13-18(17)24-20/h1-13H,(H,22,23). The summed E-state index contributed by atoms with van der Waals surface area (Å²) >= 11 is 0. The molecular weight excluding hydrogens is 300 g/mol. The van der Waals surface area contributed by atoms with Gasteiger partial charge in [-0.3, -0.25) is 0 Å². The van der Waals surface area contributed by atoms with Crippen molar-refractivity contribution in [1.29, 1.82) is 0 Å². The van der Waals surface area contributed by atoms with Crippen molar-refractivity contribution in [2.75, 3.05) is 0 Å². The van der Waals surface area contributed by atoms with E-state index in [9.17, 15) is 9.90 Å². The Hall–Kier alpha value is -3.33. The van der Waals surface area contributed by atoms with Gasteiger partial charge in [-0.1, -0.05) is 66.7 Å². The first kappa shape index (κ1) is 14.3. The molecule has 1 N–H and O–H groups in total. The molecule has 0 aliphatic rings. The Morgan fingerprint density at radius 3 is 2.25 bits per heavy atom. The zero-order valence-electron chi connectivity index (χ0n) is 12.8. The van der Waals surface area contributed by atoms with E-state index in [2.05, 4.69) is 0 Å². The smallest absolute Gasteiger partial charge is 0.336 e. The highest BCUT2D eigenvalue weighted by molar-refractivity contribution is 6.05. The van der Waals surface area contributed by atoms with E-state index in [1.807, 2.05) is 60.7 Å². The molecule has 0 aliphatic heterocycles. The predicted molar refractivity (Wildman–Crippen MR) is 94.0 cm³/mol. The second kappa shape index (κ2) is 5.70. The molecule has 0 spiro atoms. The Kier molecular flexibility index (Phi) is 3.39. The lowest BCUT2D eigenvalue weighted by molar-refractivity contribution is 0.0697. The normalized spacial score (nSPS) is 10.8. The van der Waals surface area contributed by atoms with E-state index in [0.717, 1.165) is 22.1 Å². The van der Waals surface area contributed by atoms with Crippen LogP contribution in [0.25, 0.3) is 33.4 Å². The van der Waals surface area contributed by atoms with Gasteiger partial charge in [-0.15, -0.1) is 0 Å². The quantitative estimate of drug-likeness (QED) is 0.546. The van der Waals surface area contributed by atoms with Gasteiger partial charge in [-0.25, -0.2) is 4.79 Å². The minimum absolute atomic E-state index is 0.230. The summed E-state index contributed by atoms with van der Waals surface area (Å²) < 4.78 is 6.07. The average Bonchev–Trinajstić information content (AvgIpc) is 3.01. The fraction of sp³-hybridized carbons (Fsp3) is 0. The van der Waals surface area contributed by atoms with Crippen LogP contribution >= 0.6 is 0 Å². The minimum Gasteiger partial charge on any atom is -0.478 e. The van der Waals surface area contributed by atoms with Gasteiger partial charge >= 0.3 is 5.97 Å². The molecule has 1 heterocycles. The van der Waals surface area contributed by atoms with Crippen LogP contribution in [-0.4, -0.2) is 11.1 Å². The number of carbonyl (C=O) groups is 1. The Balaban J connectivity index is 2.09. The number of carboxylic acids is 1. The SMILES string of the molecule is O=C(O)c1ccccc1-c1oc2ccccc2c1-c1ccccc1. The van der Waals surface area contributed by atoms with Gasteiger partial charge in [0.25, 0.3) is 0 Å². The third-order valence-electron chi connectivity index (χ3n) is 4.06. The molecule has 0 saturated carbocycles. The van der Waals surface area contributed by atoms with Gasteiger partial charge in [0.2, 0.25) is 0 Å². The van der Waals surface area contributed by atoms with Crippen LogP contribution < -0.4 is 0 Å². The van der Waals surface area contributed by atoms with E-state index in [0.29, 0.717) is 11.3 Å². The maximum Gasteiger partial charge on any atom is 0.336 e.